The summed E-state index contributed by atoms with van der Waals surface area (Å²) in [6.07, 6.45) is 1.59. The Labute approximate surface area is 147 Å². The maximum Gasteiger partial charge on any atom is 0.277 e. The molecule has 0 unspecified atom stereocenters. The van der Waals surface area contributed by atoms with Crippen LogP contribution in [0.3, 0.4) is 0 Å². The van der Waals surface area contributed by atoms with Crippen molar-refractivity contribution in [2.45, 2.75) is 26.2 Å². The summed E-state index contributed by atoms with van der Waals surface area (Å²) in [4.78, 5) is 11.7. The molecule has 0 aliphatic carbocycles. The van der Waals surface area contributed by atoms with E-state index >= 15 is 0 Å². The fourth-order valence-corrected chi connectivity index (χ4v) is 2.05. The number of nitrogens with one attached hydrogen (secondary N) is 1. The van der Waals surface area contributed by atoms with Crippen molar-refractivity contribution < 1.29 is 9.53 Å². The van der Waals surface area contributed by atoms with Gasteiger partial charge in [-0.25, -0.2) is 5.43 Å². The van der Waals surface area contributed by atoms with Crippen LogP contribution in [-0.2, 0) is 10.2 Å². The van der Waals surface area contributed by atoms with Crippen LogP contribution < -0.4 is 10.2 Å². The Hall–Kier alpha value is -3.13. The van der Waals surface area contributed by atoms with Gasteiger partial charge in [-0.2, -0.15) is 10.4 Å². The Morgan fingerprint density at radius 1 is 1.16 bits per heavy atom. The fraction of sp³-hybridized carbons (Fsp3) is 0.250. The maximum atomic E-state index is 11.7. The molecule has 0 radical (unpaired) electrons. The maximum absolute atomic E-state index is 11.7. The fourth-order valence-electron chi connectivity index (χ4n) is 2.05. The van der Waals surface area contributed by atoms with E-state index in [0.717, 1.165) is 5.56 Å². The summed E-state index contributed by atoms with van der Waals surface area (Å²) in [7, 11) is 0. The predicted molar refractivity (Wildman–Crippen MR) is 97.5 cm³/mol. The highest BCUT2D eigenvalue weighted by molar-refractivity contribution is 5.83. The lowest BCUT2D eigenvalue weighted by atomic mass is 9.87. The van der Waals surface area contributed by atoms with E-state index < -0.39 is 0 Å². The molecule has 0 aliphatic heterocycles. The number of carbonyl (C=O) groups is 1. The molecule has 5 nitrogen and oxygen atoms in total. The molecule has 2 aromatic carbocycles. The molecule has 1 amide bonds. The van der Waals surface area contributed by atoms with Gasteiger partial charge in [0.05, 0.1) is 17.8 Å². The third-order valence-electron chi connectivity index (χ3n) is 3.53. The summed E-state index contributed by atoms with van der Waals surface area (Å²) < 4.78 is 5.33. The molecule has 25 heavy (non-hydrogen) atoms. The van der Waals surface area contributed by atoms with Gasteiger partial charge in [-0.15, -0.1) is 0 Å². The van der Waals surface area contributed by atoms with Gasteiger partial charge in [0.25, 0.3) is 5.91 Å². The lowest BCUT2D eigenvalue weighted by molar-refractivity contribution is -0.123. The highest BCUT2D eigenvalue weighted by Gasteiger charge is 2.12. The minimum Gasteiger partial charge on any atom is -0.484 e. The molecule has 2 aromatic rings. The number of nitrogens with zero attached hydrogens (tertiary/aromatic N) is 2. The number of hydrogen-bond acceptors (Lipinski definition) is 4. The van der Waals surface area contributed by atoms with E-state index in [1.54, 1.807) is 30.5 Å². The van der Waals surface area contributed by atoms with Crippen LogP contribution >= 0.6 is 0 Å². The van der Waals surface area contributed by atoms with E-state index in [0.29, 0.717) is 11.3 Å². The summed E-state index contributed by atoms with van der Waals surface area (Å²) in [5.74, 6) is 0.169. The molecule has 0 saturated carbocycles. The van der Waals surface area contributed by atoms with Gasteiger partial charge in [-0.3, -0.25) is 4.79 Å². The zero-order valence-corrected chi connectivity index (χ0v) is 14.6. The van der Waals surface area contributed by atoms with Crippen molar-refractivity contribution in [2.24, 2.45) is 5.10 Å². The smallest absolute Gasteiger partial charge is 0.277 e. The summed E-state index contributed by atoms with van der Waals surface area (Å²) in [5.41, 5.74) is 5.21. The van der Waals surface area contributed by atoms with Crippen LogP contribution in [0.15, 0.2) is 53.6 Å². The Morgan fingerprint density at radius 3 is 2.36 bits per heavy atom. The largest absolute Gasteiger partial charge is 0.484 e. The summed E-state index contributed by atoms with van der Waals surface area (Å²) >= 11 is 0. The zero-order valence-electron chi connectivity index (χ0n) is 14.6. The highest BCUT2D eigenvalue weighted by Crippen LogP contribution is 2.21. The molecule has 0 bridgehead atoms. The van der Waals surface area contributed by atoms with Crippen molar-refractivity contribution in [3.05, 3.63) is 65.2 Å². The van der Waals surface area contributed by atoms with Crippen molar-refractivity contribution in [2.75, 3.05) is 6.61 Å². The molecular weight excluding hydrogens is 314 g/mol. The minimum absolute atomic E-state index is 0.104. The first kappa shape index (κ1) is 18.2. The molecular formula is C20H21N3O2. The van der Waals surface area contributed by atoms with Gasteiger partial charge in [0.2, 0.25) is 0 Å². The first-order valence-corrected chi connectivity index (χ1v) is 7.94. The first-order valence-electron chi connectivity index (χ1n) is 7.94. The molecule has 5 heteroatoms. The Kier molecular flexibility index (Phi) is 5.91. The summed E-state index contributed by atoms with van der Waals surface area (Å²) in [6.45, 7) is 6.32. The van der Waals surface area contributed by atoms with Crippen LogP contribution in [0.2, 0.25) is 0 Å². The van der Waals surface area contributed by atoms with Gasteiger partial charge < -0.3 is 4.74 Å². The second-order valence-corrected chi connectivity index (χ2v) is 6.59. The van der Waals surface area contributed by atoms with Crippen LogP contribution in [0.5, 0.6) is 5.75 Å². The van der Waals surface area contributed by atoms with Crippen molar-refractivity contribution in [3.63, 3.8) is 0 Å². The zero-order chi connectivity index (χ0) is 18.3. The van der Waals surface area contributed by atoms with Gasteiger partial charge >= 0.3 is 0 Å². The SMILES string of the molecule is CC(C)(C)c1ccc(/C=N/NC(=O)COc2ccc(C#N)cc2)cc1. The average Bonchev–Trinajstić information content (AvgIpc) is 2.60. The number of hydrogen-bond donors (Lipinski definition) is 1. The number of benzene rings is 2. The number of carbonyl (C=O) groups excluding carboxylic acids is 1. The van der Waals surface area contributed by atoms with E-state index in [2.05, 4.69) is 43.4 Å². The third-order valence-corrected chi connectivity index (χ3v) is 3.53. The standard InChI is InChI=1S/C20H21N3O2/c1-20(2,3)17-8-4-16(5-9-17)13-22-23-19(24)14-25-18-10-6-15(12-21)7-11-18/h4-11,13H,14H2,1-3H3,(H,23,24)/b22-13+. The number of hydrazone groups is 1. The molecule has 0 aromatic heterocycles. The Balaban J connectivity index is 1.81. The van der Waals surface area contributed by atoms with Crippen molar-refractivity contribution in [1.29, 1.82) is 5.26 Å². The van der Waals surface area contributed by atoms with E-state index in [1.165, 1.54) is 5.56 Å². The quantitative estimate of drug-likeness (QED) is 0.672. The number of nitriles is 1. The number of ether oxygens (including phenoxy) is 1. The molecule has 0 spiro atoms. The van der Waals surface area contributed by atoms with Crippen molar-refractivity contribution >= 4 is 12.1 Å². The molecule has 0 aliphatic rings. The average molecular weight is 335 g/mol. The van der Waals surface area contributed by atoms with Gasteiger partial charge in [0, 0.05) is 0 Å². The first-order chi connectivity index (χ1) is 11.9. The molecule has 0 heterocycles. The lowest BCUT2D eigenvalue weighted by Crippen LogP contribution is -2.24. The van der Waals surface area contributed by atoms with Gasteiger partial charge in [-0.05, 0) is 40.8 Å². The highest BCUT2D eigenvalue weighted by atomic mass is 16.5. The van der Waals surface area contributed by atoms with Crippen molar-refractivity contribution in [3.8, 4) is 11.8 Å². The third kappa shape index (κ3) is 5.78. The number of rotatable bonds is 5. The lowest BCUT2D eigenvalue weighted by Gasteiger charge is -2.18. The van der Waals surface area contributed by atoms with Crippen LogP contribution in [-0.4, -0.2) is 18.7 Å². The Morgan fingerprint density at radius 2 is 1.80 bits per heavy atom. The predicted octanol–water partition coefficient (Wildman–Crippen LogP) is 3.38. The minimum atomic E-state index is -0.355. The molecule has 128 valence electrons. The van der Waals surface area contributed by atoms with Crippen LogP contribution in [0.1, 0.15) is 37.5 Å². The topological polar surface area (TPSA) is 74.5 Å². The Bertz CT molecular complexity index is 780. The molecule has 2 rings (SSSR count). The van der Waals surface area contributed by atoms with E-state index in [1.807, 2.05) is 18.2 Å². The van der Waals surface area contributed by atoms with E-state index in [-0.39, 0.29) is 17.9 Å². The number of amides is 1. The van der Waals surface area contributed by atoms with Crippen LogP contribution in [0.25, 0.3) is 0 Å². The van der Waals surface area contributed by atoms with E-state index in [9.17, 15) is 4.79 Å². The van der Waals surface area contributed by atoms with Gasteiger partial charge in [0.1, 0.15) is 5.75 Å². The summed E-state index contributed by atoms with van der Waals surface area (Å²) in [5, 5.41) is 12.6. The monoisotopic (exact) mass is 335 g/mol. The van der Waals surface area contributed by atoms with Crippen molar-refractivity contribution in [1.82, 2.24) is 5.43 Å². The second-order valence-electron chi connectivity index (χ2n) is 6.59. The normalized spacial score (nSPS) is 11.1. The van der Waals surface area contributed by atoms with E-state index in [4.69, 9.17) is 10.00 Å². The summed E-state index contributed by atoms with van der Waals surface area (Å²) in [6, 6.07) is 16.6. The van der Waals surface area contributed by atoms with Gasteiger partial charge in [-0.1, -0.05) is 45.0 Å². The second kappa shape index (κ2) is 8.11. The van der Waals surface area contributed by atoms with Crippen LogP contribution in [0, 0.1) is 11.3 Å². The molecule has 1 N–H and O–H groups in total. The molecule has 0 fully saturated rings. The van der Waals surface area contributed by atoms with Gasteiger partial charge in [0.15, 0.2) is 6.61 Å². The molecule has 0 atom stereocenters. The van der Waals surface area contributed by atoms with Crippen LogP contribution in [0.4, 0.5) is 0 Å². The molecule has 0 saturated heterocycles.